The fourth-order valence-corrected chi connectivity index (χ4v) is 3.15. The molecule has 0 atom stereocenters. The molecule has 6 nitrogen and oxygen atoms in total. The maximum absolute atomic E-state index is 12.7. The van der Waals surface area contributed by atoms with Crippen LogP contribution in [0.25, 0.3) is 21.9 Å². The van der Waals surface area contributed by atoms with Crippen LogP contribution in [-0.2, 0) is 0 Å². The third kappa shape index (κ3) is 3.91. The molecule has 4 aromatic carbocycles. The smallest absolute Gasteiger partial charge is 0.270 e. The van der Waals surface area contributed by atoms with Gasteiger partial charge in [-0.3, -0.25) is 14.9 Å². The molecule has 0 bridgehead atoms. The van der Waals surface area contributed by atoms with Gasteiger partial charge in [0.1, 0.15) is 5.75 Å². The molecule has 0 saturated heterocycles. The van der Waals surface area contributed by atoms with E-state index in [1.807, 2.05) is 18.2 Å². The zero-order valence-electron chi connectivity index (χ0n) is 15.2. The molecule has 0 unspecified atom stereocenters. The predicted molar refractivity (Wildman–Crippen MR) is 112 cm³/mol. The molecule has 1 amide bonds. The first-order chi connectivity index (χ1) is 14.0. The number of hydrogen-bond donors (Lipinski definition) is 2. The summed E-state index contributed by atoms with van der Waals surface area (Å²) in [6, 6.07) is 23.7. The molecule has 2 N–H and O–H groups in total. The van der Waals surface area contributed by atoms with Gasteiger partial charge in [0.15, 0.2) is 0 Å². The number of hydrogen-bond acceptors (Lipinski definition) is 4. The van der Waals surface area contributed by atoms with Gasteiger partial charge >= 0.3 is 0 Å². The number of non-ortho nitro benzene ring substituents is 1. The van der Waals surface area contributed by atoms with E-state index >= 15 is 0 Å². The molecule has 0 radical (unpaired) electrons. The lowest BCUT2D eigenvalue weighted by Crippen LogP contribution is -2.12. The van der Waals surface area contributed by atoms with Gasteiger partial charge in [-0.1, -0.05) is 36.4 Å². The van der Waals surface area contributed by atoms with Gasteiger partial charge in [0.2, 0.25) is 0 Å². The van der Waals surface area contributed by atoms with Crippen LogP contribution in [0.2, 0.25) is 0 Å². The van der Waals surface area contributed by atoms with Gasteiger partial charge < -0.3 is 10.4 Å². The summed E-state index contributed by atoms with van der Waals surface area (Å²) in [5.74, 6) is -0.257. The number of nitrogens with zero attached hydrogens (tertiary/aromatic N) is 1. The topological polar surface area (TPSA) is 92.5 Å². The average Bonchev–Trinajstić information content (AvgIpc) is 2.73. The molecule has 6 heteroatoms. The summed E-state index contributed by atoms with van der Waals surface area (Å²) in [6.45, 7) is 0. The zero-order valence-corrected chi connectivity index (χ0v) is 15.2. The monoisotopic (exact) mass is 384 g/mol. The largest absolute Gasteiger partial charge is 0.508 e. The number of nitro benzene ring substituents is 1. The van der Waals surface area contributed by atoms with Gasteiger partial charge in [0.05, 0.1) is 4.92 Å². The van der Waals surface area contributed by atoms with Crippen molar-refractivity contribution in [1.29, 1.82) is 0 Å². The first-order valence-corrected chi connectivity index (χ1v) is 8.89. The predicted octanol–water partition coefficient (Wildman–Crippen LogP) is 5.37. The Bertz CT molecular complexity index is 1240. The fraction of sp³-hybridized carbons (Fsp3) is 0. The highest BCUT2D eigenvalue weighted by atomic mass is 16.6. The number of nitrogens with one attached hydrogen (secondary N) is 1. The van der Waals surface area contributed by atoms with Crippen LogP contribution in [0.1, 0.15) is 10.4 Å². The van der Waals surface area contributed by atoms with Gasteiger partial charge in [0, 0.05) is 23.4 Å². The number of fused-ring (bicyclic) bond motifs is 1. The minimum atomic E-state index is -0.512. The second-order valence-corrected chi connectivity index (χ2v) is 6.59. The van der Waals surface area contributed by atoms with Crippen molar-refractivity contribution in [2.45, 2.75) is 0 Å². The molecule has 0 aromatic heterocycles. The highest BCUT2D eigenvalue weighted by Crippen LogP contribution is 2.30. The van der Waals surface area contributed by atoms with Crippen LogP contribution in [0.4, 0.5) is 11.4 Å². The third-order valence-electron chi connectivity index (χ3n) is 4.58. The minimum absolute atomic E-state index is 0.161. The van der Waals surface area contributed by atoms with Crippen molar-refractivity contribution in [3.05, 3.63) is 101 Å². The van der Waals surface area contributed by atoms with E-state index in [0.29, 0.717) is 11.3 Å². The molecule has 4 aromatic rings. The van der Waals surface area contributed by atoms with Crippen LogP contribution in [0.15, 0.2) is 84.9 Å². The van der Waals surface area contributed by atoms with Crippen molar-refractivity contribution >= 4 is 28.1 Å². The van der Waals surface area contributed by atoms with Crippen molar-refractivity contribution in [3.63, 3.8) is 0 Å². The summed E-state index contributed by atoms with van der Waals surface area (Å²) < 4.78 is 0. The summed E-state index contributed by atoms with van der Waals surface area (Å²) in [7, 11) is 0. The lowest BCUT2D eigenvalue weighted by molar-refractivity contribution is -0.384. The van der Waals surface area contributed by atoms with E-state index in [-0.39, 0.29) is 17.0 Å². The summed E-state index contributed by atoms with van der Waals surface area (Å²) in [4.78, 5) is 23.6. The Morgan fingerprint density at radius 1 is 0.828 bits per heavy atom. The number of nitro groups is 1. The molecule has 0 saturated carbocycles. The summed E-state index contributed by atoms with van der Waals surface area (Å²) in [5, 5.41) is 25.5. The first kappa shape index (κ1) is 18.2. The summed E-state index contributed by atoms with van der Waals surface area (Å²) >= 11 is 0. The number of rotatable bonds is 4. The van der Waals surface area contributed by atoms with Crippen LogP contribution >= 0.6 is 0 Å². The lowest BCUT2D eigenvalue weighted by Gasteiger charge is -2.09. The van der Waals surface area contributed by atoms with Crippen LogP contribution in [-0.4, -0.2) is 15.9 Å². The Balaban J connectivity index is 1.76. The summed E-state index contributed by atoms with van der Waals surface area (Å²) in [6.07, 6.45) is 0. The number of amides is 1. The van der Waals surface area contributed by atoms with Crippen LogP contribution < -0.4 is 5.32 Å². The highest BCUT2D eigenvalue weighted by Gasteiger charge is 2.16. The van der Waals surface area contributed by atoms with Crippen molar-refractivity contribution in [2.75, 3.05) is 5.32 Å². The van der Waals surface area contributed by atoms with E-state index in [1.165, 1.54) is 12.1 Å². The van der Waals surface area contributed by atoms with Crippen LogP contribution in [0, 0.1) is 10.1 Å². The molecule has 0 fully saturated rings. The quantitative estimate of drug-likeness (QED) is 0.365. The number of anilines is 1. The maximum atomic E-state index is 12.7. The SMILES string of the molecule is O=C(Nc1ccccc1)c1cc(-c2ccc3cc(O)ccc3c2)cc([N+](=O)[O-])c1. The average molecular weight is 384 g/mol. The van der Waals surface area contributed by atoms with Crippen molar-refractivity contribution in [3.8, 4) is 16.9 Å². The fourth-order valence-electron chi connectivity index (χ4n) is 3.15. The van der Waals surface area contributed by atoms with Gasteiger partial charge in [-0.2, -0.15) is 0 Å². The molecule has 0 spiro atoms. The number of benzene rings is 4. The number of carbonyl (C=O) groups is 1. The number of carbonyl (C=O) groups excluding carboxylic acids is 1. The van der Waals surface area contributed by atoms with Crippen molar-refractivity contribution < 1.29 is 14.8 Å². The number of phenols is 1. The first-order valence-electron chi connectivity index (χ1n) is 8.89. The molecule has 142 valence electrons. The van der Waals surface area contributed by atoms with Crippen LogP contribution in [0.5, 0.6) is 5.75 Å². The second-order valence-electron chi connectivity index (χ2n) is 6.59. The molecule has 0 aliphatic heterocycles. The Kier molecular flexibility index (Phi) is 4.66. The van der Waals surface area contributed by atoms with Gasteiger partial charge in [0.25, 0.3) is 11.6 Å². The molecule has 0 heterocycles. The van der Waals surface area contributed by atoms with E-state index in [4.69, 9.17) is 0 Å². The Morgan fingerprint density at radius 3 is 2.31 bits per heavy atom. The second kappa shape index (κ2) is 7.44. The number of aromatic hydroxyl groups is 1. The molecule has 0 aliphatic rings. The maximum Gasteiger partial charge on any atom is 0.270 e. The molecular formula is C23H16N2O4. The van der Waals surface area contributed by atoms with Gasteiger partial charge in [-0.15, -0.1) is 0 Å². The zero-order chi connectivity index (χ0) is 20.4. The molecular weight excluding hydrogens is 368 g/mol. The van der Waals surface area contributed by atoms with Crippen molar-refractivity contribution in [2.24, 2.45) is 0 Å². The molecule has 0 aliphatic carbocycles. The highest BCUT2D eigenvalue weighted by molar-refractivity contribution is 6.05. The molecule has 29 heavy (non-hydrogen) atoms. The molecule has 4 rings (SSSR count). The Morgan fingerprint density at radius 2 is 1.55 bits per heavy atom. The Hall–Kier alpha value is -4.19. The van der Waals surface area contributed by atoms with Crippen LogP contribution in [0.3, 0.4) is 0 Å². The standard InChI is InChI=1S/C23H16N2O4/c26-22-9-8-15-10-16(6-7-17(15)14-22)18-11-19(13-21(12-18)25(28)29)23(27)24-20-4-2-1-3-5-20/h1-14,26H,(H,24,27). The van der Waals surface area contributed by atoms with E-state index in [1.54, 1.807) is 54.6 Å². The van der Waals surface area contributed by atoms with Gasteiger partial charge in [-0.05, 0) is 58.3 Å². The van der Waals surface area contributed by atoms with Gasteiger partial charge in [-0.25, -0.2) is 0 Å². The van der Waals surface area contributed by atoms with E-state index < -0.39 is 10.8 Å². The van der Waals surface area contributed by atoms with E-state index in [9.17, 15) is 20.0 Å². The van der Waals surface area contributed by atoms with Crippen molar-refractivity contribution in [1.82, 2.24) is 0 Å². The Labute approximate surface area is 166 Å². The lowest BCUT2D eigenvalue weighted by atomic mass is 9.98. The van der Waals surface area contributed by atoms with E-state index in [0.717, 1.165) is 16.3 Å². The minimum Gasteiger partial charge on any atom is -0.508 e. The number of phenolic OH excluding ortho intramolecular Hbond substituents is 1. The van der Waals surface area contributed by atoms with E-state index in [2.05, 4.69) is 5.32 Å². The summed E-state index contributed by atoms with van der Waals surface area (Å²) in [5.41, 5.74) is 1.94. The normalized spacial score (nSPS) is 10.6. The number of para-hydroxylation sites is 1. The third-order valence-corrected chi connectivity index (χ3v) is 4.58.